The van der Waals surface area contributed by atoms with Crippen LogP contribution in [0.15, 0.2) is 66.9 Å². The number of carbonyl (C=O) groups is 1. The van der Waals surface area contributed by atoms with E-state index in [1.165, 1.54) is 5.56 Å². The molecule has 4 nitrogen and oxygen atoms in total. The average Bonchev–Trinajstić information content (AvgIpc) is 2.99. The van der Waals surface area contributed by atoms with Gasteiger partial charge in [-0.15, -0.1) is 0 Å². The minimum atomic E-state index is -0.979. The molecule has 1 heterocycles. The topological polar surface area (TPSA) is 55.1 Å². The number of aliphatic carboxylic acids is 1. The molecule has 0 fully saturated rings. The lowest BCUT2D eigenvalue weighted by Crippen LogP contribution is -1.93. The molecular formula is C19H16N2O2. The minimum Gasteiger partial charge on any atom is -0.478 e. The summed E-state index contributed by atoms with van der Waals surface area (Å²) in [4.78, 5) is 10.8. The third-order valence-corrected chi connectivity index (χ3v) is 3.49. The van der Waals surface area contributed by atoms with Crippen LogP contribution >= 0.6 is 0 Å². The van der Waals surface area contributed by atoms with Crippen molar-refractivity contribution >= 4 is 12.0 Å². The van der Waals surface area contributed by atoms with E-state index in [0.717, 1.165) is 28.6 Å². The van der Waals surface area contributed by atoms with Gasteiger partial charge in [0.1, 0.15) is 0 Å². The molecule has 4 heteroatoms. The summed E-state index contributed by atoms with van der Waals surface area (Å²) in [5.41, 5.74) is 4.57. The lowest BCUT2D eigenvalue weighted by molar-refractivity contribution is -0.131. The van der Waals surface area contributed by atoms with Crippen LogP contribution in [-0.4, -0.2) is 20.9 Å². The van der Waals surface area contributed by atoms with Gasteiger partial charge in [0.15, 0.2) is 0 Å². The van der Waals surface area contributed by atoms with E-state index in [9.17, 15) is 4.79 Å². The normalized spacial score (nSPS) is 11.0. The highest BCUT2D eigenvalue weighted by Crippen LogP contribution is 2.25. The van der Waals surface area contributed by atoms with Gasteiger partial charge in [0.05, 0.1) is 11.4 Å². The maximum absolute atomic E-state index is 10.8. The van der Waals surface area contributed by atoms with Crippen LogP contribution in [0.25, 0.3) is 23.0 Å². The van der Waals surface area contributed by atoms with E-state index >= 15 is 0 Å². The fourth-order valence-electron chi connectivity index (χ4n) is 2.32. The molecule has 0 aliphatic rings. The maximum Gasteiger partial charge on any atom is 0.328 e. The lowest BCUT2D eigenvalue weighted by Gasteiger charge is -2.01. The van der Waals surface area contributed by atoms with E-state index in [1.807, 2.05) is 67.7 Å². The highest BCUT2D eigenvalue weighted by molar-refractivity contribution is 5.87. The largest absolute Gasteiger partial charge is 0.478 e. The Kier molecular flexibility index (Phi) is 4.06. The smallest absolute Gasteiger partial charge is 0.328 e. The Hall–Kier alpha value is -3.14. The van der Waals surface area contributed by atoms with Crippen LogP contribution in [0.4, 0.5) is 0 Å². The van der Waals surface area contributed by atoms with E-state index < -0.39 is 5.97 Å². The number of hydrogen-bond acceptors (Lipinski definition) is 2. The quantitative estimate of drug-likeness (QED) is 0.743. The summed E-state index contributed by atoms with van der Waals surface area (Å²) in [5, 5.41) is 13.5. The number of aromatic nitrogens is 2. The Morgan fingerprint density at radius 2 is 1.78 bits per heavy atom. The summed E-state index contributed by atoms with van der Waals surface area (Å²) in [6.07, 6.45) is 4.54. The molecule has 0 unspecified atom stereocenters. The van der Waals surface area contributed by atoms with Crippen LogP contribution in [0, 0.1) is 6.92 Å². The number of rotatable bonds is 4. The molecule has 0 radical (unpaired) electrons. The van der Waals surface area contributed by atoms with Gasteiger partial charge in [0.25, 0.3) is 0 Å². The van der Waals surface area contributed by atoms with E-state index in [4.69, 9.17) is 5.11 Å². The van der Waals surface area contributed by atoms with Gasteiger partial charge in [-0.25, -0.2) is 9.48 Å². The molecule has 0 bridgehead atoms. The highest BCUT2D eigenvalue weighted by Gasteiger charge is 2.10. The third kappa shape index (κ3) is 3.37. The van der Waals surface area contributed by atoms with Gasteiger partial charge in [-0.3, -0.25) is 0 Å². The van der Waals surface area contributed by atoms with Crippen LogP contribution in [0.1, 0.15) is 11.1 Å². The van der Waals surface area contributed by atoms with E-state index in [1.54, 1.807) is 10.8 Å². The van der Waals surface area contributed by atoms with Gasteiger partial charge in [0.2, 0.25) is 0 Å². The Bertz CT molecular complexity index is 847. The number of carboxylic acids is 1. The van der Waals surface area contributed by atoms with Gasteiger partial charge in [-0.1, -0.05) is 48.0 Å². The van der Waals surface area contributed by atoms with Gasteiger partial charge >= 0.3 is 5.97 Å². The van der Waals surface area contributed by atoms with Crippen molar-refractivity contribution in [3.05, 3.63) is 78.0 Å². The van der Waals surface area contributed by atoms with Crippen molar-refractivity contribution < 1.29 is 9.90 Å². The number of hydrogen-bond donors (Lipinski definition) is 1. The second-order valence-corrected chi connectivity index (χ2v) is 5.25. The summed E-state index contributed by atoms with van der Waals surface area (Å²) in [6, 6.07) is 17.7. The van der Waals surface area contributed by atoms with Crippen molar-refractivity contribution in [3.8, 4) is 16.9 Å². The zero-order valence-corrected chi connectivity index (χ0v) is 12.7. The van der Waals surface area contributed by atoms with Crippen LogP contribution in [0.3, 0.4) is 0 Å². The summed E-state index contributed by atoms with van der Waals surface area (Å²) >= 11 is 0. The van der Waals surface area contributed by atoms with Crippen molar-refractivity contribution in [2.45, 2.75) is 6.92 Å². The van der Waals surface area contributed by atoms with Crippen LogP contribution in [-0.2, 0) is 4.79 Å². The first-order chi connectivity index (χ1) is 11.1. The monoisotopic (exact) mass is 304 g/mol. The molecule has 0 saturated carbocycles. The van der Waals surface area contributed by atoms with Gasteiger partial charge in [-0.05, 0) is 25.1 Å². The molecule has 0 amide bonds. The maximum atomic E-state index is 10.8. The molecule has 3 aromatic rings. The molecular weight excluding hydrogens is 288 g/mol. The standard InChI is InChI=1S/C19H16N2O2/c1-14-7-9-15(10-8-14)19-16(11-12-18(22)23)13-21(20-19)17-5-3-2-4-6-17/h2-13H,1H3,(H,22,23). The van der Waals surface area contributed by atoms with Crippen LogP contribution in [0.2, 0.25) is 0 Å². The van der Waals surface area contributed by atoms with Gasteiger partial charge < -0.3 is 5.11 Å². The van der Waals surface area contributed by atoms with Gasteiger partial charge in [-0.2, -0.15) is 5.10 Å². The number of benzene rings is 2. The van der Waals surface area contributed by atoms with Gasteiger partial charge in [0, 0.05) is 23.4 Å². The van der Waals surface area contributed by atoms with Crippen molar-refractivity contribution in [3.63, 3.8) is 0 Å². The Balaban J connectivity index is 2.10. The number of carboxylic acid groups (broad SMARTS) is 1. The molecule has 1 aromatic heterocycles. The van der Waals surface area contributed by atoms with E-state index in [2.05, 4.69) is 5.10 Å². The molecule has 0 atom stereocenters. The summed E-state index contributed by atoms with van der Waals surface area (Å²) < 4.78 is 1.76. The van der Waals surface area contributed by atoms with Crippen LogP contribution in [0.5, 0.6) is 0 Å². The predicted molar refractivity (Wildman–Crippen MR) is 90.4 cm³/mol. The first kappa shape index (κ1) is 14.8. The fourth-order valence-corrected chi connectivity index (χ4v) is 2.32. The van der Waals surface area contributed by atoms with Crippen LogP contribution < -0.4 is 0 Å². The second-order valence-electron chi connectivity index (χ2n) is 5.25. The fraction of sp³-hybridized carbons (Fsp3) is 0.0526. The molecule has 114 valence electrons. The zero-order valence-electron chi connectivity index (χ0n) is 12.7. The second kappa shape index (κ2) is 6.32. The highest BCUT2D eigenvalue weighted by atomic mass is 16.4. The Morgan fingerprint density at radius 3 is 2.43 bits per heavy atom. The molecule has 23 heavy (non-hydrogen) atoms. The Labute approximate surface area is 134 Å². The first-order valence-electron chi connectivity index (χ1n) is 7.26. The molecule has 3 rings (SSSR count). The van der Waals surface area contributed by atoms with Crippen molar-refractivity contribution in [2.24, 2.45) is 0 Å². The number of nitrogens with zero attached hydrogens (tertiary/aromatic N) is 2. The minimum absolute atomic E-state index is 0.756. The molecule has 2 aromatic carbocycles. The predicted octanol–water partition coefficient (Wildman–Crippen LogP) is 3.95. The first-order valence-corrected chi connectivity index (χ1v) is 7.26. The Morgan fingerprint density at radius 1 is 1.09 bits per heavy atom. The number of para-hydroxylation sites is 1. The van der Waals surface area contributed by atoms with E-state index in [0.29, 0.717) is 0 Å². The van der Waals surface area contributed by atoms with Crippen molar-refractivity contribution in [1.82, 2.24) is 9.78 Å². The molecule has 0 saturated heterocycles. The molecule has 0 aliphatic carbocycles. The number of aryl methyl sites for hydroxylation is 1. The zero-order chi connectivity index (χ0) is 16.2. The average molecular weight is 304 g/mol. The SMILES string of the molecule is Cc1ccc(-c2nn(-c3ccccc3)cc2C=CC(=O)O)cc1. The molecule has 1 N–H and O–H groups in total. The lowest BCUT2D eigenvalue weighted by atomic mass is 10.1. The molecule has 0 spiro atoms. The summed E-state index contributed by atoms with van der Waals surface area (Å²) in [5.74, 6) is -0.979. The van der Waals surface area contributed by atoms with Crippen molar-refractivity contribution in [1.29, 1.82) is 0 Å². The summed E-state index contributed by atoms with van der Waals surface area (Å²) in [6.45, 7) is 2.03. The molecule has 0 aliphatic heterocycles. The van der Waals surface area contributed by atoms with E-state index in [-0.39, 0.29) is 0 Å². The van der Waals surface area contributed by atoms with Crippen molar-refractivity contribution in [2.75, 3.05) is 0 Å². The third-order valence-electron chi connectivity index (χ3n) is 3.49. The summed E-state index contributed by atoms with van der Waals surface area (Å²) in [7, 11) is 0.